The molecule has 0 bridgehead atoms. The number of nitrogens with zero attached hydrogens (tertiary/aromatic N) is 3. The number of aryl methyl sites for hydroxylation is 1. The van der Waals surface area contributed by atoms with Gasteiger partial charge in [-0.25, -0.2) is 4.98 Å². The van der Waals surface area contributed by atoms with Gasteiger partial charge in [-0.1, -0.05) is 0 Å². The number of nitrogen functional groups attached to an aromatic ring is 1. The van der Waals surface area contributed by atoms with Gasteiger partial charge in [0.25, 0.3) is 0 Å². The van der Waals surface area contributed by atoms with Crippen molar-refractivity contribution in [1.82, 2.24) is 15.3 Å². The topological polar surface area (TPSA) is 112 Å². The van der Waals surface area contributed by atoms with Crippen LogP contribution in [0.4, 0.5) is 11.8 Å². The molecule has 1 aliphatic heterocycles. The summed E-state index contributed by atoms with van der Waals surface area (Å²) in [5.41, 5.74) is -1.000. The first-order valence-electron chi connectivity index (χ1n) is 16.3. The van der Waals surface area contributed by atoms with Crippen LogP contribution < -0.4 is 25.4 Å². The Kier molecular flexibility index (Phi) is 2.68. The average Bonchev–Trinajstić information content (AvgIpc) is 3.45. The Balaban J connectivity index is 2.24. The number of ether oxygens (including phenoxy) is 3. The highest BCUT2D eigenvalue weighted by Crippen LogP contribution is 2.38. The number of carbonyl (C=O) groups is 1. The van der Waals surface area contributed by atoms with Gasteiger partial charge in [-0.3, -0.25) is 4.79 Å². The first-order chi connectivity index (χ1) is 20.3. The summed E-state index contributed by atoms with van der Waals surface area (Å²) >= 11 is 0. The van der Waals surface area contributed by atoms with Crippen LogP contribution in [-0.2, 0) is 9.53 Å². The maximum absolute atomic E-state index is 12.7. The first-order valence-corrected chi connectivity index (χ1v) is 8.45. The smallest absolute Gasteiger partial charge is 0.249 e. The van der Waals surface area contributed by atoms with Crippen molar-refractivity contribution in [3.63, 3.8) is 0 Å². The van der Waals surface area contributed by atoms with Crippen LogP contribution in [0.15, 0.2) is 6.04 Å². The van der Waals surface area contributed by atoms with Crippen molar-refractivity contribution in [2.45, 2.75) is 32.2 Å². The van der Waals surface area contributed by atoms with Crippen LogP contribution >= 0.6 is 0 Å². The Bertz CT molecular complexity index is 1450. The zero-order valence-electron chi connectivity index (χ0n) is 31.6. The number of anilines is 2. The van der Waals surface area contributed by atoms with Gasteiger partial charge >= 0.3 is 0 Å². The normalized spacial score (nSPS) is 26.3. The van der Waals surface area contributed by atoms with Gasteiger partial charge in [0, 0.05) is 51.9 Å². The monoisotopic (exact) mass is 419 g/mol. The van der Waals surface area contributed by atoms with E-state index in [1.165, 1.54) is 6.92 Å². The fourth-order valence-electron chi connectivity index (χ4n) is 2.75. The van der Waals surface area contributed by atoms with Gasteiger partial charge in [0.1, 0.15) is 11.9 Å². The van der Waals surface area contributed by atoms with Gasteiger partial charge in [0.15, 0.2) is 15.7 Å². The lowest BCUT2D eigenvalue weighted by Crippen LogP contribution is -2.36. The largest absolute Gasteiger partial charge is 0.493 e. The van der Waals surface area contributed by atoms with Crippen molar-refractivity contribution in [2.75, 3.05) is 51.3 Å². The van der Waals surface area contributed by atoms with Crippen LogP contribution in [0.5, 0.6) is 11.5 Å². The van der Waals surface area contributed by atoms with Gasteiger partial charge in [0.05, 0.1) is 29.2 Å². The quantitative estimate of drug-likeness (QED) is 0.631. The average molecular weight is 420 g/mol. The van der Waals surface area contributed by atoms with Crippen LogP contribution in [0, 0.1) is 6.92 Å². The first kappa shape index (κ1) is 8.51. The third-order valence-corrected chi connectivity index (χ3v) is 4.19. The van der Waals surface area contributed by atoms with Crippen LogP contribution in [0.2, 0.25) is 4.24 Å². The lowest BCUT2D eigenvalue weighted by molar-refractivity contribution is -0.130. The van der Waals surface area contributed by atoms with Crippen molar-refractivity contribution in [3.8, 4) is 11.5 Å². The van der Waals surface area contributed by atoms with Crippen molar-refractivity contribution >= 4 is 28.6 Å². The fraction of sp³-hybridized carbons (Fsp3) is 0.550. The fourth-order valence-corrected chi connectivity index (χ4v) is 2.75. The molecular weight excluding hydrogens is 374 g/mol. The highest BCUT2D eigenvalue weighted by atomic mass is 16.5. The summed E-state index contributed by atoms with van der Waals surface area (Å²) in [7, 11) is -5.56. The number of carbonyl (C=O) groups excluding carboxylic acids is 1. The number of aromatic nitrogens is 2. The highest BCUT2D eigenvalue weighted by molar-refractivity contribution is 5.95. The van der Waals surface area contributed by atoms with Crippen molar-refractivity contribution < 1.29 is 41.1 Å². The van der Waals surface area contributed by atoms with Crippen LogP contribution in [-0.4, -0.2) is 62.7 Å². The molecule has 29 heavy (non-hydrogen) atoms. The third kappa shape index (κ3) is 4.45. The number of rotatable bonds is 9. The predicted molar refractivity (Wildman–Crippen MR) is 112 cm³/mol. The number of nitrogens with two attached hydrogens (primary N) is 1. The summed E-state index contributed by atoms with van der Waals surface area (Å²) in [6.45, 7) is -5.81. The molecule has 1 aliphatic rings. The molecule has 1 atom stereocenters. The molecular formula is C20H29N5O4. The molecule has 0 saturated carbocycles. The van der Waals surface area contributed by atoms with E-state index in [9.17, 15) is 4.79 Å². The molecule has 0 radical (unpaired) electrons. The minimum atomic E-state index is -3.72. The van der Waals surface area contributed by atoms with Crippen molar-refractivity contribution in [3.05, 3.63) is 11.6 Å². The Morgan fingerprint density at radius 3 is 3.17 bits per heavy atom. The number of methoxy groups -OCH3 is 2. The zero-order chi connectivity index (χ0) is 34.7. The molecule has 158 valence electrons. The SMILES string of the molecule is [2H]c1c(OC([2H])([2H])[2H])c(OC([2H])([2H])[2H])c(C)c2c(N([2H])[2H])nc(N(C)C([2H])([2H])C([2H])([2H])C([2H])([2H])N([2H])C(=O)C3CCCO3)nc12. The number of fused-ring (bicyclic) bond motifs is 1. The summed E-state index contributed by atoms with van der Waals surface area (Å²) in [5, 5.41) is -0.718. The summed E-state index contributed by atoms with van der Waals surface area (Å²) < 4.78 is 143. The third-order valence-electron chi connectivity index (χ3n) is 4.19. The number of benzene rings is 1. The minimum Gasteiger partial charge on any atom is -0.493 e. The summed E-state index contributed by atoms with van der Waals surface area (Å²) in [5.74, 6) is -4.51. The number of hydrogen-bond acceptors (Lipinski definition) is 8. The maximum Gasteiger partial charge on any atom is 0.249 e. The molecule has 1 fully saturated rings. The molecule has 3 rings (SSSR count). The molecule has 9 heteroatoms. The van der Waals surface area contributed by atoms with E-state index >= 15 is 0 Å². The molecule has 1 aromatic carbocycles. The van der Waals surface area contributed by atoms with Gasteiger partial charge in [-0.15, -0.1) is 0 Å². The Morgan fingerprint density at radius 1 is 1.59 bits per heavy atom. The summed E-state index contributed by atoms with van der Waals surface area (Å²) in [4.78, 5) is 20.9. The number of hydrogen-bond donors (Lipinski definition) is 2. The molecule has 1 amide bonds. The standard InChI is InChI=1S/C20H29N5O4/c1-12-16-13(11-15(27-3)17(12)28-4)23-20(24-18(16)21)25(2)9-6-8-22-19(26)14-7-5-10-29-14/h11,14H,5-10H2,1-4H3,(H,22,26)(H2,21,23,24)/i3D3,4D3,6D2,8D2,9D2,11D/hD3. The van der Waals surface area contributed by atoms with Gasteiger partial charge in [0.2, 0.25) is 11.9 Å². The van der Waals surface area contributed by atoms with E-state index < -0.39 is 80.3 Å². The number of amides is 1. The zero-order valence-corrected chi connectivity index (χ0v) is 15.6. The molecule has 1 unspecified atom stereocenters. The number of nitrogens with one attached hydrogen (secondary N) is 1. The second-order valence-electron chi connectivity index (χ2n) is 6.04. The van der Waals surface area contributed by atoms with Crippen LogP contribution in [0.1, 0.15) is 42.6 Å². The minimum absolute atomic E-state index is 0.119. The lowest BCUT2D eigenvalue weighted by atomic mass is 10.1. The molecule has 0 spiro atoms. The van der Waals surface area contributed by atoms with E-state index in [0.29, 0.717) is 11.3 Å². The Hall–Kier alpha value is -2.81. The van der Waals surface area contributed by atoms with Crippen molar-refractivity contribution in [2.24, 2.45) is 0 Å². The molecule has 1 aromatic heterocycles. The maximum atomic E-state index is 12.7. The van der Waals surface area contributed by atoms with E-state index in [2.05, 4.69) is 9.97 Å². The second kappa shape index (κ2) is 9.13. The Labute approximate surface area is 193 Å². The van der Waals surface area contributed by atoms with Crippen LogP contribution in [0.25, 0.3) is 10.9 Å². The van der Waals surface area contributed by atoms with E-state index in [1.54, 1.807) is 0 Å². The second-order valence-corrected chi connectivity index (χ2v) is 6.04. The van der Waals surface area contributed by atoms with E-state index in [0.717, 1.165) is 7.05 Å². The molecule has 1 saturated heterocycles. The van der Waals surface area contributed by atoms with Gasteiger partial charge in [-0.2, -0.15) is 4.98 Å². The highest BCUT2D eigenvalue weighted by Gasteiger charge is 2.23. The van der Waals surface area contributed by atoms with Gasteiger partial charge in [-0.05, 0) is 26.1 Å². The van der Waals surface area contributed by atoms with E-state index in [1.807, 2.05) is 0 Å². The van der Waals surface area contributed by atoms with E-state index in [4.69, 9.17) is 36.3 Å². The molecule has 9 nitrogen and oxygen atoms in total. The summed E-state index contributed by atoms with van der Waals surface area (Å²) in [6, 6.07) is -0.940. The predicted octanol–water partition coefficient (Wildman–Crippen LogP) is 1.66. The summed E-state index contributed by atoms with van der Waals surface area (Å²) in [6.07, 6.45) is -4.37. The molecule has 0 aliphatic carbocycles. The van der Waals surface area contributed by atoms with Gasteiger partial charge < -0.3 is 30.1 Å². The van der Waals surface area contributed by atoms with Crippen LogP contribution in [0.3, 0.4) is 0 Å². The molecule has 2 heterocycles. The van der Waals surface area contributed by atoms with Crippen molar-refractivity contribution in [1.29, 1.82) is 0 Å². The lowest BCUT2D eigenvalue weighted by Gasteiger charge is -2.20. The Morgan fingerprint density at radius 2 is 2.45 bits per heavy atom. The molecule has 2 aromatic rings. The van der Waals surface area contributed by atoms with E-state index in [-0.39, 0.29) is 35.0 Å². The molecule has 3 N–H and O–H groups in total.